The minimum atomic E-state index is -0.675. The van der Waals surface area contributed by atoms with Crippen molar-refractivity contribution < 1.29 is 19.1 Å². The van der Waals surface area contributed by atoms with E-state index in [4.69, 9.17) is 4.74 Å². The van der Waals surface area contributed by atoms with Crippen molar-refractivity contribution in [3.63, 3.8) is 0 Å². The Bertz CT molecular complexity index is 1190. The topological polar surface area (TPSA) is 101 Å². The Morgan fingerprint density at radius 3 is 2.63 bits per heavy atom. The number of hydrogen-bond acceptors (Lipinski definition) is 5. The van der Waals surface area contributed by atoms with Crippen LogP contribution in [0, 0.1) is 5.92 Å². The summed E-state index contributed by atoms with van der Waals surface area (Å²) in [5.74, 6) is 0.877. The average Bonchev–Trinajstić information content (AvgIpc) is 3.14. The Morgan fingerprint density at radius 1 is 1.06 bits per heavy atom. The largest absolute Gasteiger partial charge is 0.497 e. The maximum Gasteiger partial charge on any atom is 0.324 e. The molecule has 0 spiro atoms. The number of pyridine rings is 1. The molecule has 35 heavy (non-hydrogen) atoms. The monoisotopic (exact) mass is 478 g/mol. The summed E-state index contributed by atoms with van der Waals surface area (Å²) in [5, 5.41) is 2.73. The molecule has 2 saturated heterocycles. The molecule has 0 saturated carbocycles. The van der Waals surface area contributed by atoms with Gasteiger partial charge in [0.2, 0.25) is 5.91 Å². The summed E-state index contributed by atoms with van der Waals surface area (Å²) < 4.78 is 6.99. The van der Waals surface area contributed by atoms with Crippen molar-refractivity contribution in [1.82, 2.24) is 19.7 Å². The van der Waals surface area contributed by atoms with E-state index in [1.54, 1.807) is 19.2 Å². The molecule has 2 fully saturated rings. The number of fused-ring (bicyclic) bond motifs is 4. The van der Waals surface area contributed by atoms with Crippen molar-refractivity contribution in [2.45, 2.75) is 44.2 Å². The van der Waals surface area contributed by atoms with Crippen molar-refractivity contribution >= 4 is 17.8 Å². The van der Waals surface area contributed by atoms with Gasteiger partial charge in [0.1, 0.15) is 11.8 Å². The molecule has 2 aromatic rings. The fourth-order valence-electron chi connectivity index (χ4n) is 5.54. The number of nitrogens with zero attached hydrogens (tertiary/aromatic N) is 3. The highest BCUT2D eigenvalue weighted by Crippen LogP contribution is 2.35. The lowest BCUT2D eigenvalue weighted by atomic mass is 9.83. The number of rotatable bonds is 7. The van der Waals surface area contributed by atoms with Crippen LogP contribution in [0.1, 0.15) is 36.4 Å². The number of ether oxygens (including phenoxy) is 1. The molecule has 184 valence electrons. The van der Waals surface area contributed by atoms with E-state index in [1.165, 1.54) is 4.90 Å². The van der Waals surface area contributed by atoms with E-state index in [2.05, 4.69) is 5.32 Å². The molecule has 2 bridgehead atoms. The van der Waals surface area contributed by atoms with Crippen LogP contribution in [0.25, 0.3) is 0 Å². The highest BCUT2D eigenvalue weighted by atomic mass is 16.5. The number of methoxy groups -OCH3 is 1. The highest BCUT2D eigenvalue weighted by molar-refractivity contribution is 6.04. The third-order valence-electron chi connectivity index (χ3n) is 7.37. The van der Waals surface area contributed by atoms with Crippen molar-refractivity contribution in [3.8, 4) is 5.75 Å². The van der Waals surface area contributed by atoms with Gasteiger partial charge in [-0.25, -0.2) is 4.79 Å². The fourth-order valence-corrected chi connectivity index (χ4v) is 5.54. The molecule has 1 aromatic carbocycles. The second kappa shape index (κ2) is 9.56. The molecule has 9 nitrogen and oxygen atoms in total. The number of hydrogen-bond donors (Lipinski definition) is 1. The molecule has 0 aliphatic carbocycles. The van der Waals surface area contributed by atoms with Gasteiger partial charge in [0.05, 0.1) is 7.11 Å². The zero-order chi connectivity index (χ0) is 24.5. The van der Waals surface area contributed by atoms with Gasteiger partial charge in [0.15, 0.2) is 0 Å². The first-order valence-electron chi connectivity index (χ1n) is 12.1. The second-order valence-corrected chi connectivity index (χ2v) is 9.63. The number of benzene rings is 1. The zero-order valence-corrected chi connectivity index (χ0v) is 19.8. The molecule has 4 heterocycles. The lowest BCUT2D eigenvalue weighted by Crippen LogP contribution is -2.49. The summed E-state index contributed by atoms with van der Waals surface area (Å²) >= 11 is 0. The molecule has 3 aliphatic heterocycles. The van der Waals surface area contributed by atoms with Gasteiger partial charge in [-0.15, -0.1) is 0 Å². The van der Waals surface area contributed by atoms with E-state index in [1.807, 2.05) is 39.8 Å². The molecule has 9 heteroatoms. The highest BCUT2D eigenvalue weighted by Gasteiger charge is 2.39. The van der Waals surface area contributed by atoms with Crippen LogP contribution in [0.3, 0.4) is 0 Å². The summed E-state index contributed by atoms with van der Waals surface area (Å²) in [6, 6.07) is 11.8. The maximum atomic E-state index is 13.0. The summed E-state index contributed by atoms with van der Waals surface area (Å²) in [4.78, 5) is 53.5. The molecular weight excluding hydrogens is 448 g/mol. The zero-order valence-electron chi connectivity index (χ0n) is 19.8. The molecule has 3 atom stereocenters. The van der Waals surface area contributed by atoms with Crippen LogP contribution < -0.4 is 15.6 Å². The smallest absolute Gasteiger partial charge is 0.324 e. The van der Waals surface area contributed by atoms with Crippen LogP contribution in [-0.2, 0) is 22.6 Å². The Labute approximate surface area is 203 Å². The predicted octanol–water partition coefficient (Wildman–Crippen LogP) is 1.75. The Hall–Kier alpha value is -3.62. The SMILES string of the molecule is COc1ccc(CCN2C(=O)NC(CCC(=O)N3C[C@H]4C[C@@H](C3)c3cccc(=O)n3C4)C2=O)cc1. The number of amides is 4. The fraction of sp³-hybridized carbons (Fsp3) is 0.462. The van der Waals surface area contributed by atoms with Crippen molar-refractivity contribution in [2.24, 2.45) is 5.92 Å². The van der Waals surface area contributed by atoms with Crippen LogP contribution in [-0.4, -0.2) is 65.0 Å². The van der Waals surface area contributed by atoms with E-state index in [0.717, 1.165) is 23.4 Å². The Balaban J connectivity index is 1.14. The van der Waals surface area contributed by atoms with Gasteiger partial charge < -0.3 is 19.5 Å². The first kappa shape index (κ1) is 23.1. The third-order valence-corrected chi connectivity index (χ3v) is 7.37. The van der Waals surface area contributed by atoms with E-state index < -0.39 is 12.1 Å². The summed E-state index contributed by atoms with van der Waals surface area (Å²) in [6.45, 7) is 2.12. The van der Waals surface area contributed by atoms with Crippen LogP contribution in [0.2, 0.25) is 0 Å². The van der Waals surface area contributed by atoms with E-state index in [0.29, 0.717) is 26.1 Å². The van der Waals surface area contributed by atoms with E-state index >= 15 is 0 Å². The Morgan fingerprint density at radius 2 is 1.86 bits per heavy atom. The molecule has 1 aromatic heterocycles. The summed E-state index contributed by atoms with van der Waals surface area (Å²) in [7, 11) is 1.60. The maximum absolute atomic E-state index is 13.0. The first-order valence-corrected chi connectivity index (χ1v) is 12.1. The number of carbonyl (C=O) groups is 3. The van der Waals surface area contributed by atoms with Gasteiger partial charge in [-0.3, -0.25) is 19.3 Å². The summed E-state index contributed by atoms with van der Waals surface area (Å²) in [5.41, 5.74) is 2.02. The van der Waals surface area contributed by atoms with Crippen molar-refractivity contribution in [3.05, 3.63) is 64.1 Å². The van der Waals surface area contributed by atoms with Crippen molar-refractivity contribution in [1.29, 1.82) is 0 Å². The van der Waals surface area contributed by atoms with Crippen LogP contribution >= 0.6 is 0 Å². The molecule has 1 unspecified atom stereocenters. The lowest BCUT2D eigenvalue weighted by Gasteiger charge is -2.42. The van der Waals surface area contributed by atoms with Crippen molar-refractivity contribution in [2.75, 3.05) is 26.7 Å². The van der Waals surface area contributed by atoms with Gasteiger partial charge >= 0.3 is 6.03 Å². The van der Waals surface area contributed by atoms with Gasteiger partial charge in [-0.2, -0.15) is 0 Å². The number of piperidine rings is 1. The van der Waals surface area contributed by atoms with Gasteiger partial charge in [-0.05, 0) is 48.9 Å². The molecule has 0 radical (unpaired) electrons. The van der Waals surface area contributed by atoms with Gasteiger partial charge in [0, 0.05) is 50.3 Å². The van der Waals surface area contributed by atoms with Crippen LogP contribution in [0.5, 0.6) is 5.75 Å². The number of urea groups is 1. The minimum Gasteiger partial charge on any atom is -0.497 e. The van der Waals surface area contributed by atoms with E-state index in [-0.39, 0.29) is 48.6 Å². The van der Waals surface area contributed by atoms with E-state index in [9.17, 15) is 19.2 Å². The quantitative estimate of drug-likeness (QED) is 0.611. The number of likely N-dealkylation sites (tertiary alicyclic amines) is 1. The lowest BCUT2D eigenvalue weighted by molar-refractivity contribution is -0.134. The molecule has 5 rings (SSSR count). The second-order valence-electron chi connectivity index (χ2n) is 9.63. The van der Waals surface area contributed by atoms with Gasteiger partial charge in [-0.1, -0.05) is 18.2 Å². The van der Waals surface area contributed by atoms with Crippen LogP contribution in [0.4, 0.5) is 4.79 Å². The number of nitrogens with one attached hydrogen (secondary N) is 1. The molecule has 3 aliphatic rings. The number of aromatic nitrogens is 1. The number of imide groups is 1. The van der Waals surface area contributed by atoms with Gasteiger partial charge in [0.25, 0.3) is 11.5 Å². The Kier molecular flexibility index (Phi) is 6.32. The minimum absolute atomic E-state index is 0.00911. The molecule has 4 amide bonds. The third kappa shape index (κ3) is 4.67. The predicted molar refractivity (Wildman–Crippen MR) is 128 cm³/mol. The number of carbonyl (C=O) groups excluding carboxylic acids is 3. The standard InChI is InChI=1S/C26H30N4O5/c1-35-20-7-5-17(6-8-20)11-12-29-25(33)21(27-26(29)34)9-10-23(31)28-14-18-13-19(16-28)22-3-2-4-24(32)30(22)15-18/h2-8,18-19,21H,9-16H2,1H3,(H,27,34)/t18-,19+,21?/m1/s1. The molecular formula is C26H30N4O5. The summed E-state index contributed by atoms with van der Waals surface area (Å²) in [6.07, 6.45) is 2.01. The molecule has 1 N–H and O–H groups in total. The first-order chi connectivity index (χ1) is 16.9. The van der Waals surface area contributed by atoms with Crippen LogP contribution in [0.15, 0.2) is 47.3 Å². The normalized spacial score (nSPS) is 23.2. The average molecular weight is 479 g/mol.